The lowest BCUT2D eigenvalue weighted by molar-refractivity contribution is 0.127. The quantitative estimate of drug-likeness (QED) is 0.626. The van der Waals surface area contributed by atoms with Gasteiger partial charge in [-0.05, 0) is 36.1 Å². The van der Waals surface area contributed by atoms with Gasteiger partial charge in [-0.2, -0.15) is 0 Å². The largest absolute Gasteiger partial charge is 0.311 e. The Labute approximate surface area is 183 Å². The Hall–Kier alpha value is -2.21. The van der Waals surface area contributed by atoms with Crippen LogP contribution in [0.2, 0.25) is 5.02 Å². The fraction of sp³-hybridized carbons (Fsp3) is 0.417. The zero-order valence-corrected chi connectivity index (χ0v) is 18.1. The molecule has 0 amide bonds. The van der Waals surface area contributed by atoms with E-state index in [2.05, 4.69) is 61.0 Å². The van der Waals surface area contributed by atoms with Crippen LogP contribution in [0.1, 0.15) is 23.4 Å². The maximum Gasteiger partial charge on any atom is 0.164 e. The van der Waals surface area contributed by atoms with Crippen molar-refractivity contribution in [3.63, 3.8) is 0 Å². The van der Waals surface area contributed by atoms with Crippen molar-refractivity contribution in [3.8, 4) is 11.4 Å². The first-order chi connectivity index (χ1) is 14.8. The van der Waals surface area contributed by atoms with Crippen LogP contribution < -0.4 is 0 Å². The SMILES string of the molecule is Clc1ccc(CN2CCN(CCc3nnc4n3CCCc3ccccc3-4)CC2)cc1. The molecule has 0 radical (unpaired) electrons. The summed E-state index contributed by atoms with van der Waals surface area (Å²) in [6.45, 7) is 7.49. The second-order valence-electron chi connectivity index (χ2n) is 8.35. The van der Waals surface area contributed by atoms with Gasteiger partial charge in [0.25, 0.3) is 0 Å². The summed E-state index contributed by atoms with van der Waals surface area (Å²) in [5.41, 5.74) is 3.98. The van der Waals surface area contributed by atoms with Crippen LogP contribution in [0.3, 0.4) is 0 Å². The average Bonchev–Trinajstić information content (AvgIpc) is 3.08. The Morgan fingerprint density at radius 3 is 2.43 bits per heavy atom. The minimum Gasteiger partial charge on any atom is -0.311 e. The number of aromatic nitrogens is 3. The van der Waals surface area contributed by atoms with Gasteiger partial charge in [-0.1, -0.05) is 48.0 Å². The highest BCUT2D eigenvalue weighted by Crippen LogP contribution is 2.27. The standard InChI is InChI=1S/C24H28ClN5/c25-21-9-7-19(8-10-21)18-29-16-14-28(15-17-29)13-11-23-26-27-24-22-6-2-1-4-20(22)5-3-12-30(23)24/h1-2,4,6-10H,3,5,11-18H2. The van der Waals surface area contributed by atoms with Crippen molar-refractivity contribution in [2.24, 2.45) is 0 Å². The molecule has 1 fully saturated rings. The van der Waals surface area contributed by atoms with Crippen LogP contribution in [-0.2, 0) is 25.9 Å². The molecule has 5 rings (SSSR count). The van der Waals surface area contributed by atoms with Crippen LogP contribution in [0.5, 0.6) is 0 Å². The maximum absolute atomic E-state index is 6.00. The first kappa shape index (κ1) is 19.7. The summed E-state index contributed by atoms with van der Waals surface area (Å²) in [7, 11) is 0. The predicted octanol–water partition coefficient (Wildman–Crippen LogP) is 3.91. The van der Waals surface area contributed by atoms with Crippen molar-refractivity contribution in [1.82, 2.24) is 24.6 Å². The Morgan fingerprint density at radius 2 is 1.60 bits per heavy atom. The fourth-order valence-corrected chi connectivity index (χ4v) is 4.74. The van der Waals surface area contributed by atoms with E-state index in [9.17, 15) is 0 Å². The monoisotopic (exact) mass is 421 g/mol. The second kappa shape index (κ2) is 8.88. The second-order valence-corrected chi connectivity index (χ2v) is 8.78. The normalized spacial score (nSPS) is 17.4. The van der Waals surface area contributed by atoms with Gasteiger partial charge in [0.05, 0.1) is 0 Å². The minimum absolute atomic E-state index is 0.804. The van der Waals surface area contributed by atoms with E-state index in [4.69, 9.17) is 11.6 Å². The topological polar surface area (TPSA) is 37.2 Å². The number of fused-ring (bicyclic) bond motifs is 3. The summed E-state index contributed by atoms with van der Waals surface area (Å²) >= 11 is 6.00. The molecule has 2 aliphatic rings. The van der Waals surface area contributed by atoms with E-state index in [1.54, 1.807) is 0 Å². The van der Waals surface area contributed by atoms with Crippen LogP contribution in [0.25, 0.3) is 11.4 Å². The van der Waals surface area contributed by atoms with Crippen LogP contribution in [0, 0.1) is 0 Å². The first-order valence-electron chi connectivity index (χ1n) is 11.0. The Morgan fingerprint density at radius 1 is 0.833 bits per heavy atom. The Kier molecular flexibility index (Phi) is 5.84. The van der Waals surface area contributed by atoms with Gasteiger partial charge in [0.1, 0.15) is 5.82 Å². The zero-order chi connectivity index (χ0) is 20.3. The number of hydrogen-bond donors (Lipinski definition) is 0. The van der Waals surface area contributed by atoms with Gasteiger partial charge in [0.15, 0.2) is 5.82 Å². The van der Waals surface area contributed by atoms with Gasteiger partial charge in [-0.3, -0.25) is 4.90 Å². The fourth-order valence-electron chi connectivity index (χ4n) is 4.62. The lowest BCUT2D eigenvalue weighted by Gasteiger charge is -2.34. The molecule has 156 valence electrons. The molecule has 0 aliphatic carbocycles. The molecular formula is C24H28ClN5. The third-order valence-corrected chi connectivity index (χ3v) is 6.60. The molecule has 0 unspecified atom stereocenters. The van der Waals surface area contributed by atoms with Gasteiger partial charge < -0.3 is 9.47 Å². The van der Waals surface area contributed by atoms with Crippen molar-refractivity contribution >= 4 is 11.6 Å². The zero-order valence-electron chi connectivity index (χ0n) is 17.3. The molecule has 0 spiro atoms. The molecule has 30 heavy (non-hydrogen) atoms. The van der Waals surface area contributed by atoms with E-state index >= 15 is 0 Å². The highest BCUT2D eigenvalue weighted by Gasteiger charge is 2.21. The van der Waals surface area contributed by atoms with Crippen LogP contribution in [-0.4, -0.2) is 57.3 Å². The lowest BCUT2D eigenvalue weighted by atomic mass is 10.0. The Balaban J connectivity index is 1.17. The summed E-state index contributed by atoms with van der Waals surface area (Å²) in [5.74, 6) is 2.18. The van der Waals surface area contributed by atoms with E-state index in [-0.39, 0.29) is 0 Å². The number of hydrogen-bond acceptors (Lipinski definition) is 4. The summed E-state index contributed by atoms with van der Waals surface area (Å²) < 4.78 is 2.35. The van der Waals surface area contributed by atoms with Crippen LogP contribution in [0.15, 0.2) is 48.5 Å². The van der Waals surface area contributed by atoms with Crippen molar-refractivity contribution in [2.75, 3.05) is 32.7 Å². The average molecular weight is 422 g/mol. The van der Waals surface area contributed by atoms with Crippen LogP contribution >= 0.6 is 11.6 Å². The molecule has 1 saturated heterocycles. The number of nitrogens with zero attached hydrogens (tertiary/aromatic N) is 5. The molecule has 3 heterocycles. The molecule has 1 aromatic heterocycles. The molecule has 5 nitrogen and oxygen atoms in total. The summed E-state index contributed by atoms with van der Waals surface area (Å²) in [6, 6.07) is 16.9. The molecule has 0 N–H and O–H groups in total. The molecule has 0 atom stereocenters. The summed E-state index contributed by atoms with van der Waals surface area (Å²) in [5, 5.41) is 9.93. The molecule has 2 aliphatic heterocycles. The number of benzene rings is 2. The highest BCUT2D eigenvalue weighted by molar-refractivity contribution is 6.30. The molecule has 6 heteroatoms. The molecule has 0 bridgehead atoms. The number of aryl methyl sites for hydroxylation is 1. The molecule has 3 aromatic rings. The number of rotatable bonds is 5. The molecular weight excluding hydrogens is 394 g/mol. The van der Waals surface area contributed by atoms with E-state index < -0.39 is 0 Å². The third-order valence-electron chi connectivity index (χ3n) is 6.35. The van der Waals surface area contributed by atoms with E-state index in [0.29, 0.717) is 0 Å². The van der Waals surface area contributed by atoms with Crippen molar-refractivity contribution < 1.29 is 0 Å². The van der Waals surface area contributed by atoms with E-state index in [1.807, 2.05) is 12.1 Å². The highest BCUT2D eigenvalue weighted by atomic mass is 35.5. The summed E-state index contributed by atoms with van der Waals surface area (Å²) in [4.78, 5) is 5.09. The predicted molar refractivity (Wildman–Crippen MR) is 121 cm³/mol. The van der Waals surface area contributed by atoms with Gasteiger partial charge in [0.2, 0.25) is 0 Å². The first-order valence-corrected chi connectivity index (χ1v) is 11.3. The Bertz CT molecular complexity index is 989. The van der Waals surface area contributed by atoms with Crippen molar-refractivity contribution in [1.29, 1.82) is 0 Å². The number of halogens is 1. The van der Waals surface area contributed by atoms with Crippen molar-refractivity contribution in [2.45, 2.75) is 32.4 Å². The number of piperazine rings is 1. The maximum atomic E-state index is 6.00. The minimum atomic E-state index is 0.804. The smallest absolute Gasteiger partial charge is 0.164 e. The van der Waals surface area contributed by atoms with Gasteiger partial charge in [-0.15, -0.1) is 10.2 Å². The van der Waals surface area contributed by atoms with E-state index in [1.165, 1.54) is 16.7 Å². The van der Waals surface area contributed by atoms with Gasteiger partial charge in [-0.25, -0.2) is 0 Å². The lowest BCUT2D eigenvalue weighted by Crippen LogP contribution is -2.46. The molecule has 2 aromatic carbocycles. The van der Waals surface area contributed by atoms with Gasteiger partial charge in [0, 0.05) is 62.8 Å². The van der Waals surface area contributed by atoms with Crippen LogP contribution in [0.4, 0.5) is 0 Å². The third kappa shape index (κ3) is 4.29. The van der Waals surface area contributed by atoms with Crippen molar-refractivity contribution in [3.05, 3.63) is 70.5 Å². The summed E-state index contributed by atoms with van der Waals surface area (Å²) in [6.07, 6.45) is 3.24. The molecule has 0 saturated carbocycles. The van der Waals surface area contributed by atoms with Gasteiger partial charge >= 0.3 is 0 Å². The van der Waals surface area contributed by atoms with E-state index in [0.717, 1.165) is 81.7 Å².